The summed E-state index contributed by atoms with van der Waals surface area (Å²) in [7, 11) is 0. The van der Waals surface area contributed by atoms with Crippen LogP contribution in [-0.4, -0.2) is 115 Å². The Kier molecular flexibility index (Phi) is 9.45. The third-order valence-electron chi connectivity index (χ3n) is 6.68. The van der Waals surface area contributed by atoms with Gasteiger partial charge in [0.1, 0.15) is 36.6 Å². The number of hydrogen-bond acceptors (Lipinski definition) is 14. The Morgan fingerprint density at radius 1 is 0.800 bits per heavy atom. The predicted octanol–water partition coefficient (Wildman–Crippen LogP) is -1.16. The fourth-order valence-corrected chi connectivity index (χ4v) is 4.31. The monoisotopic (exact) mass is 568 g/mol. The fraction of sp³-hybridized carbons (Fsp3) is 0.500. The van der Waals surface area contributed by atoms with Crippen molar-refractivity contribution in [2.24, 2.45) is 0 Å². The summed E-state index contributed by atoms with van der Waals surface area (Å²) in [6.45, 7) is 0.968. The molecule has 0 aromatic heterocycles. The Morgan fingerprint density at radius 2 is 1.45 bits per heavy atom. The molecule has 14 heteroatoms. The molecule has 0 aliphatic carbocycles. The zero-order valence-electron chi connectivity index (χ0n) is 21.3. The van der Waals surface area contributed by atoms with Crippen LogP contribution in [-0.2, 0) is 30.3 Å². The number of esters is 1. The smallest absolute Gasteiger partial charge is 0.338 e. The van der Waals surface area contributed by atoms with Crippen LogP contribution in [0, 0.1) is 0 Å². The van der Waals surface area contributed by atoms with Crippen LogP contribution in [0.25, 0.3) is 0 Å². The van der Waals surface area contributed by atoms with Gasteiger partial charge in [-0.2, -0.15) is 0 Å². The van der Waals surface area contributed by atoms with Gasteiger partial charge in [-0.3, -0.25) is 0 Å². The molecule has 0 saturated carbocycles. The molecule has 2 saturated heterocycles. The first-order chi connectivity index (χ1) is 19.0. The molecule has 2 fully saturated rings. The number of carbonyl (C=O) groups is 1. The van der Waals surface area contributed by atoms with Gasteiger partial charge in [-0.25, -0.2) is 4.79 Å². The van der Waals surface area contributed by atoms with Crippen LogP contribution >= 0.6 is 0 Å². The standard InChI is InChI=1S/C26H32O14/c1-11-17(29)21(33)23(40-24(35)13-7-14(27)18(30)15(28)8-13)26(38-11)37-10-16-19(31)20(32)22(34)25(39-16)36-9-12-5-3-2-4-6-12/h2-8,11,16-17,19-23,25-34H,9-10H2,1H3/t11-,16+,17-,19+,20-,21+,22+,23+,25+,26+/m0/s1. The highest BCUT2D eigenvalue weighted by Crippen LogP contribution is 2.36. The molecule has 14 nitrogen and oxygen atoms in total. The summed E-state index contributed by atoms with van der Waals surface area (Å²) in [5.74, 6) is -3.63. The molecule has 220 valence electrons. The van der Waals surface area contributed by atoms with Gasteiger partial charge in [-0.15, -0.1) is 0 Å². The van der Waals surface area contributed by atoms with Crippen molar-refractivity contribution in [1.82, 2.24) is 0 Å². The summed E-state index contributed by atoms with van der Waals surface area (Å²) in [6, 6.07) is 10.6. The first-order valence-electron chi connectivity index (χ1n) is 12.4. The van der Waals surface area contributed by atoms with Gasteiger partial charge in [0.15, 0.2) is 35.9 Å². The molecule has 40 heavy (non-hydrogen) atoms. The summed E-state index contributed by atoms with van der Waals surface area (Å²) in [5.41, 5.74) is 0.372. The molecule has 8 N–H and O–H groups in total. The first-order valence-corrected chi connectivity index (χ1v) is 12.4. The quantitative estimate of drug-likeness (QED) is 0.139. The van der Waals surface area contributed by atoms with E-state index < -0.39 is 96.8 Å². The topological polar surface area (TPSA) is 225 Å². The van der Waals surface area contributed by atoms with E-state index in [0.29, 0.717) is 0 Å². The average molecular weight is 569 g/mol. The van der Waals surface area contributed by atoms with Gasteiger partial charge in [0.05, 0.1) is 24.9 Å². The number of phenolic OH excluding ortho intramolecular Hbond substituents is 3. The number of hydrogen-bond donors (Lipinski definition) is 8. The Labute approximate surface area is 228 Å². The Balaban J connectivity index is 1.44. The number of aromatic hydroxyl groups is 3. The molecule has 2 heterocycles. The Hall–Kier alpha value is -3.05. The van der Waals surface area contributed by atoms with Gasteiger partial charge in [-0.1, -0.05) is 30.3 Å². The van der Waals surface area contributed by atoms with E-state index in [4.69, 9.17) is 23.7 Å². The summed E-state index contributed by atoms with van der Waals surface area (Å²) < 4.78 is 27.7. The lowest BCUT2D eigenvalue weighted by Gasteiger charge is -2.43. The lowest BCUT2D eigenvalue weighted by atomic mass is 9.98. The predicted molar refractivity (Wildman–Crippen MR) is 131 cm³/mol. The number of aliphatic hydroxyl groups excluding tert-OH is 5. The second-order valence-electron chi connectivity index (χ2n) is 9.57. The summed E-state index contributed by atoms with van der Waals surface area (Å²) in [5, 5.41) is 80.9. The van der Waals surface area contributed by atoms with Crippen molar-refractivity contribution >= 4 is 5.97 Å². The van der Waals surface area contributed by atoms with Gasteiger partial charge in [0, 0.05) is 0 Å². The van der Waals surface area contributed by atoms with Crippen LogP contribution in [0.3, 0.4) is 0 Å². The third-order valence-corrected chi connectivity index (χ3v) is 6.68. The van der Waals surface area contributed by atoms with Crippen molar-refractivity contribution < 1.29 is 69.3 Å². The van der Waals surface area contributed by atoms with Crippen molar-refractivity contribution in [3.05, 3.63) is 53.6 Å². The molecule has 0 spiro atoms. The van der Waals surface area contributed by atoms with E-state index in [-0.39, 0.29) is 6.61 Å². The molecular weight excluding hydrogens is 536 g/mol. The lowest BCUT2D eigenvalue weighted by molar-refractivity contribution is -0.329. The molecule has 0 unspecified atom stereocenters. The van der Waals surface area contributed by atoms with E-state index in [1.165, 1.54) is 6.92 Å². The van der Waals surface area contributed by atoms with Crippen molar-refractivity contribution in [2.45, 2.75) is 74.9 Å². The van der Waals surface area contributed by atoms with E-state index in [9.17, 15) is 45.6 Å². The maximum absolute atomic E-state index is 12.7. The maximum atomic E-state index is 12.7. The molecule has 0 amide bonds. The summed E-state index contributed by atoms with van der Waals surface area (Å²) in [6.07, 6.45) is -14.8. The van der Waals surface area contributed by atoms with Gasteiger partial charge < -0.3 is 64.5 Å². The van der Waals surface area contributed by atoms with E-state index in [1.807, 2.05) is 6.07 Å². The molecule has 0 radical (unpaired) electrons. The van der Waals surface area contributed by atoms with Crippen LogP contribution in [0.1, 0.15) is 22.8 Å². The van der Waals surface area contributed by atoms with Crippen LogP contribution in [0.15, 0.2) is 42.5 Å². The van der Waals surface area contributed by atoms with Gasteiger partial charge in [0.2, 0.25) is 0 Å². The largest absolute Gasteiger partial charge is 0.504 e. The Morgan fingerprint density at radius 3 is 2.10 bits per heavy atom. The normalized spacial score (nSPS) is 34.4. The number of carbonyl (C=O) groups excluding carboxylic acids is 1. The van der Waals surface area contributed by atoms with Crippen molar-refractivity contribution in [2.75, 3.05) is 6.61 Å². The van der Waals surface area contributed by atoms with Gasteiger partial charge in [-0.05, 0) is 24.6 Å². The van der Waals surface area contributed by atoms with E-state index >= 15 is 0 Å². The highest BCUT2D eigenvalue weighted by molar-refractivity contribution is 5.91. The Bertz CT molecular complexity index is 1120. The first kappa shape index (κ1) is 29.9. The molecule has 10 atom stereocenters. The molecule has 2 aliphatic heterocycles. The molecule has 0 bridgehead atoms. The number of aliphatic hydroxyl groups is 5. The van der Waals surface area contributed by atoms with Crippen molar-refractivity contribution in [3.8, 4) is 17.2 Å². The van der Waals surface area contributed by atoms with Gasteiger partial charge in [0.25, 0.3) is 0 Å². The highest BCUT2D eigenvalue weighted by atomic mass is 16.7. The minimum atomic E-state index is -1.71. The number of benzene rings is 2. The SMILES string of the molecule is C[C@@H]1O[C@@H](OC[C@H]2O[C@@H](OCc3ccccc3)[C@H](O)[C@@H](O)[C@@H]2O)[C@H](OC(=O)c2cc(O)c(O)c(O)c2)[C@H](O)[C@H]1O. The fourth-order valence-electron chi connectivity index (χ4n) is 4.31. The minimum absolute atomic E-state index is 0.0344. The second-order valence-corrected chi connectivity index (χ2v) is 9.57. The van der Waals surface area contributed by atoms with E-state index in [1.54, 1.807) is 24.3 Å². The maximum Gasteiger partial charge on any atom is 0.338 e. The zero-order chi connectivity index (χ0) is 29.1. The van der Waals surface area contributed by atoms with Crippen molar-refractivity contribution in [3.63, 3.8) is 0 Å². The van der Waals surface area contributed by atoms with Crippen LogP contribution in [0.5, 0.6) is 17.2 Å². The van der Waals surface area contributed by atoms with E-state index in [2.05, 4.69) is 0 Å². The summed E-state index contributed by atoms with van der Waals surface area (Å²) in [4.78, 5) is 12.7. The number of rotatable bonds is 8. The third kappa shape index (κ3) is 6.46. The summed E-state index contributed by atoms with van der Waals surface area (Å²) >= 11 is 0. The number of phenols is 3. The van der Waals surface area contributed by atoms with Crippen LogP contribution < -0.4 is 0 Å². The molecule has 4 rings (SSSR count). The van der Waals surface area contributed by atoms with Gasteiger partial charge >= 0.3 is 5.97 Å². The zero-order valence-corrected chi connectivity index (χ0v) is 21.3. The average Bonchev–Trinajstić information content (AvgIpc) is 2.94. The molecule has 2 aromatic rings. The highest BCUT2D eigenvalue weighted by Gasteiger charge is 2.48. The van der Waals surface area contributed by atoms with Crippen molar-refractivity contribution in [1.29, 1.82) is 0 Å². The second kappa shape index (κ2) is 12.6. The van der Waals surface area contributed by atoms with E-state index in [0.717, 1.165) is 17.7 Å². The lowest BCUT2D eigenvalue weighted by Crippen LogP contribution is -2.61. The number of ether oxygens (including phenoxy) is 5. The van der Waals surface area contributed by atoms with Crippen LogP contribution in [0.2, 0.25) is 0 Å². The molecular formula is C26H32O14. The minimum Gasteiger partial charge on any atom is -0.504 e. The molecule has 2 aromatic carbocycles. The molecule has 2 aliphatic rings. The van der Waals surface area contributed by atoms with Crippen LogP contribution in [0.4, 0.5) is 0 Å².